The van der Waals surface area contributed by atoms with Gasteiger partial charge >= 0.3 is 0 Å². The Kier molecular flexibility index (Phi) is 5.38. The lowest BCUT2D eigenvalue weighted by Crippen LogP contribution is -2.30. The van der Waals surface area contributed by atoms with Gasteiger partial charge in [0.05, 0.1) is 26.0 Å². The molecule has 0 bridgehead atoms. The molecule has 5 heteroatoms. The molecule has 1 fully saturated rings. The van der Waals surface area contributed by atoms with Crippen LogP contribution in [-0.2, 0) is 4.79 Å². The number of ether oxygens (including phenoxy) is 2. The minimum Gasteiger partial charge on any atom is -0.497 e. The minimum absolute atomic E-state index is 0.0310. The Morgan fingerprint density at radius 3 is 2.24 bits per heavy atom. The number of hydrogen-bond donors (Lipinski definition) is 0. The van der Waals surface area contributed by atoms with Crippen LogP contribution in [0.15, 0.2) is 59.2 Å². The molecule has 2 aromatic rings. The highest BCUT2D eigenvalue weighted by molar-refractivity contribution is 6.08. The van der Waals surface area contributed by atoms with Crippen LogP contribution in [0.5, 0.6) is 11.5 Å². The van der Waals surface area contributed by atoms with Crippen LogP contribution in [0.3, 0.4) is 0 Å². The first-order chi connectivity index (χ1) is 14.1. The lowest BCUT2D eigenvalue weighted by Gasteiger charge is -2.29. The van der Waals surface area contributed by atoms with Crippen LogP contribution in [-0.4, -0.2) is 30.8 Å². The highest BCUT2D eigenvalue weighted by Gasteiger charge is 2.42. The van der Waals surface area contributed by atoms with Crippen LogP contribution in [0.2, 0.25) is 0 Å². The molecule has 1 heterocycles. The predicted octanol–water partition coefficient (Wildman–Crippen LogP) is 4.85. The van der Waals surface area contributed by atoms with Crippen molar-refractivity contribution < 1.29 is 14.3 Å². The van der Waals surface area contributed by atoms with Crippen molar-refractivity contribution in [2.45, 2.75) is 32.2 Å². The fraction of sp³-hybridized carbons (Fsp3) is 0.333. The molecular formula is C24H26N2O3. The number of methoxy groups -OCH3 is 2. The Balaban J connectivity index is 1.68. The second-order valence-electron chi connectivity index (χ2n) is 7.51. The quantitative estimate of drug-likeness (QED) is 0.750. The van der Waals surface area contributed by atoms with E-state index in [1.54, 1.807) is 26.2 Å². The average molecular weight is 390 g/mol. The standard InChI is InChI=1S/C24H26N2O3/c1-16(27)26-24(18-9-13-21(29-3)14-10-18)22-6-4-5-19(23(22)25-26)15-17-7-11-20(28-2)12-8-17/h7-15,22,24H,4-6H2,1-3H3/b19-15+/t22-,24+/m1/s1. The van der Waals surface area contributed by atoms with Crippen LogP contribution in [0, 0.1) is 5.92 Å². The van der Waals surface area contributed by atoms with Gasteiger partial charge in [0.1, 0.15) is 11.5 Å². The summed E-state index contributed by atoms with van der Waals surface area (Å²) >= 11 is 0. The number of hydrogen-bond acceptors (Lipinski definition) is 4. The Labute approximate surface area is 171 Å². The van der Waals surface area contributed by atoms with Gasteiger partial charge in [0.25, 0.3) is 0 Å². The summed E-state index contributed by atoms with van der Waals surface area (Å²) in [5.41, 5.74) is 4.47. The van der Waals surface area contributed by atoms with Crippen LogP contribution in [0.4, 0.5) is 0 Å². The molecular weight excluding hydrogens is 364 g/mol. The third-order valence-corrected chi connectivity index (χ3v) is 5.74. The number of benzene rings is 2. The number of carbonyl (C=O) groups excluding carboxylic acids is 1. The number of fused-ring (bicyclic) bond motifs is 1. The molecule has 4 rings (SSSR count). The Bertz CT molecular complexity index is 945. The number of rotatable bonds is 4. The van der Waals surface area contributed by atoms with Crippen molar-refractivity contribution in [3.63, 3.8) is 0 Å². The van der Waals surface area contributed by atoms with Crippen molar-refractivity contribution >= 4 is 17.7 Å². The molecule has 0 saturated heterocycles. The molecule has 0 radical (unpaired) electrons. The van der Waals surface area contributed by atoms with Gasteiger partial charge in [0, 0.05) is 12.8 Å². The fourth-order valence-electron chi connectivity index (χ4n) is 4.30. The third-order valence-electron chi connectivity index (χ3n) is 5.74. The van der Waals surface area contributed by atoms with Crippen molar-refractivity contribution in [2.75, 3.05) is 14.2 Å². The summed E-state index contributed by atoms with van der Waals surface area (Å²) < 4.78 is 10.5. The first kappa shape index (κ1) is 19.2. The molecule has 1 amide bonds. The summed E-state index contributed by atoms with van der Waals surface area (Å²) in [5, 5.41) is 6.46. The highest BCUT2D eigenvalue weighted by atomic mass is 16.5. The number of nitrogens with zero attached hydrogens (tertiary/aromatic N) is 2. The van der Waals surface area contributed by atoms with E-state index in [2.05, 4.69) is 18.2 Å². The minimum atomic E-state index is -0.0621. The monoisotopic (exact) mass is 390 g/mol. The van der Waals surface area contributed by atoms with E-state index in [0.717, 1.165) is 47.6 Å². The summed E-state index contributed by atoms with van der Waals surface area (Å²) in [7, 11) is 3.33. The van der Waals surface area contributed by atoms with Gasteiger partial charge < -0.3 is 9.47 Å². The number of carbonyl (C=O) groups is 1. The molecule has 1 aliphatic heterocycles. The van der Waals surface area contributed by atoms with Crippen molar-refractivity contribution in [1.29, 1.82) is 0 Å². The van der Waals surface area contributed by atoms with Crippen LogP contribution in [0.1, 0.15) is 43.4 Å². The summed E-state index contributed by atoms with van der Waals surface area (Å²) in [6.07, 6.45) is 5.28. The van der Waals surface area contributed by atoms with Gasteiger partial charge in [0.15, 0.2) is 0 Å². The summed E-state index contributed by atoms with van der Waals surface area (Å²) in [6, 6.07) is 15.9. The Morgan fingerprint density at radius 1 is 1.03 bits per heavy atom. The number of amides is 1. The zero-order valence-corrected chi connectivity index (χ0v) is 17.1. The van der Waals surface area contributed by atoms with Crippen molar-refractivity contribution in [1.82, 2.24) is 5.01 Å². The molecule has 0 spiro atoms. The maximum atomic E-state index is 12.4. The Morgan fingerprint density at radius 2 is 1.66 bits per heavy atom. The van der Waals surface area contributed by atoms with E-state index in [-0.39, 0.29) is 17.9 Å². The normalized spacial score (nSPS) is 22.2. The van der Waals surface area contributed by atoms with Gasteiger partial charge in [-0.2, -0.15) is 5.10 Å². The van der Waals surface area contributed by atoms with Gasteiger partial charge in [-0.3, -0.25) is 4.79 Å². The van der Waals surface area contributed by atoms with E-state index >= 15 is 0 Å². The molecule has 2 aromatic carbocycles. The molecule has 0 aromatic heterocycles. The molecule has 2 atom stereocenters. The number of hydrazone groups is 1. The van der Waals surface area contributed by atoms with E-state index in [9.17, 15) is 4.79 Å². The van der Waals surface area contributed by atoms with Gasteiger partial charge in [-0.1, -0.05) is 24.3 Å². The molecule has 1 saturated carbocycles. The largest absolute Gasteiger partial charge is 0.497 e. The molecule has 1 aliphatic carbocycles. The topological polar surface area (TPSA) is 51.1 Å². The maximum Gasteiger partial charge on any atom is 0.240 e. The van der Waals surface area contributed by atoms with Crippen molar-refractivity contribution in [2.24, 2.45) is 11.0 Å². The summed E-state index contributed by atoms with van der Waals surface area (Å²) in [6.45, 7) is 1.59. The van der Waals surface area contributed by atoms with Crippen LogP contribution >= 0.6 is 0 Å². The first-order valence-electron chi connectivity index (χ1n) is 9.98. The fourth-order valence-corrected chi connectivity index (χ4v) is 4.30. The smallest absolute Gasteiger partial charge is 0.240 e. The second kappa shape index (κ2) is 8.11. The van der Waals surface area contributed by atoms with E-state index in [1.165, 1.54) is 5.57 Å². The second-order valence-corrected chi connectivity index (χ2v) is 7.51. The third kappa shape index (κ3) is 3.77. The van der Waals surface area contributed by atoms with Gasteiger partial charge in [0.2, 0.25) is 5.91 Å². The van der Waals surface area contributed by atoms with Gasteiger partial charge in [-0.25, -0.2) is 5.01 Å². The molecule has 0 unspecified atom stereocenters. The van der Waals surface area contributed by atoms with Gasteiger partial charge in [-0.15, -0.1) is 0 Å². The predicted molar refractivity (Wildman–Crippen MR) is 114 cm³/mol. The molecule has 5 nitrogen and oxygen atoms in total. The zero-order chi connectivity index (χ0) is 20.4. The maximum absolute atomic E-state index is 12.4. The van der Waals surface area contributed by atoms with Gasteiger partial charge in [-0.05, 0) is 66.3 Å². The van der Waals surface area contributed by atoms with Crippen molar-refractivity contribution in [3.8, 4) is 11.5 Å². The van der Waals surface area contributed by atoms with Crippen molar-refractivity contribution in [3.05, 3.63) is 65.2 Å². The molecule has 29 heavy (non-hydrogen) atoms. The number of allylic oxidation sites excluding steroid dienone is 1. The zero-order valence-electron chi connectivity index (χ0n) is 17.1. The van der Waals surface area contributed by atoms with E-state index < -0.39 is 0 Å². The Hall–Kier alpha value is -3.08. The lowest BCUT2D eigenvalue weighted by molar-refractivity contribution is -0.131. The van der Waals surface area contributed by atoms with E-state index in [1.807, 2.05) is 36.4 Å². The summed E-state index contributed by atoms with van der Waals surface area (Å²) in [4.78, 5) is 12.4. The van der Waals surface area contributed by atoms with E-state index in [0.29, 0.717) is 0 Å². The lowest BCUT2D eigenvalue weighted by atomic mass is 9.77. The SMILES string of the molecule is COc1ccc(/C=C2\CCC[C@@H]3C2=NN(C(C)=O)[C@H]3c2ccc(OC)cc2)cc1. The average Bonchev–Trinajstić information content (AvgIpc) is 3.15. The molecule has 150 valence electrons. The van der Waals surface area contributed by atoms with E-state index in [4.69, 9.17) is 14.6 Å². The molecule has 0 N–H and O–H groups in total. The first-order valence-corrected chi connectivity index (χ1v) is 9.98. The van der Waals surface area contributed by atoms with Crippen LogP contribution in [0.25, 0.3) is 6.08 Å². The highest BCUT2D eigenvalue weighted by Crippen LogP contribution is 2.44. The van der Waals surface area contributed by atoms with Crippen LogP contribution < -0.4 is 9.47 Å². The molecule has 2 aliphatic rings. The summed E-state index contributed by atoms with van der Waals surface area (Å²) in [5.74, 6) is 1.84.